The fourth-order valence-electron chi connectivity index (χ4n) is 2.26. The van der Waals surface area contributed by atoms with E-state index < -0.39 is 0 Å². The lowest BCUT2D eigenvalue weighted by molar-refractivity contribution is -0.269. The SMILES string of the molecule is [O-]c1ccc(/C=C/c2ccc(/C=C/c3ccc([O-])cc3)cc2)cc1. The third-order valence-electron chi connectivity index (χ3n) is 3.63. The zero-order valence-electron chi connectivity index (χ0n) is 13.1. The molecule has 0 heterocycles. The summed E-state index contributed by atoms with van der Waals surface area (Å²) in [6.07, 6.45) is 7.99. The zero-order chi connectivity index (χ0) is 16.8. The molecule has 0 amide bonds. The van der Waals surface area contributed by atoms with Gasteiger partial charge in [-0.3, -0.25) is 0 Å². The van der Waals surface area contributed by atoms with E-state index >= 15 is 0 Å². The second-order valence-corrected chi connectivity index (χ2v) is 5.47. The van der Waals surface area contributed by atoms with Crippen molar-refractivity contribution in [2.75, 3.05) is 0 Å². The van der Waals surface area contributed by atoms with Gasteiger partial charge >= 0.3 is 0 Å². The minimum atomic E-state index is 0.0215. The van der Waals surface area contributed by atoms with Gasteiger partial charge in [-0.25, -0.2) is 0 Å². The molecule has 0 aliphatic carbocycles. The molecule has 0 saturated carbocycles. The van der Waals surface area contributed by atoms with Gasteiger partial charge in [0.05, 0.1) is 0 Å². The highest BCUT2D eigenvalue weighted by molar-refractivity contribution is 5.73. The molecular weight excluding hydrogens is 296 g/mol. The van der Waals surface area contributed by atoms with Crippen LogP contribution >= 0.6 is 0 Å². The summed E-state index contributed by atoms with van der Waals surface area (Å²) < 4.78 is 0. The first kappa shape index (κ1) is 15.6. The highest BCUT2D eigenvalue weighted by Gasteiger charge is 1.90. The Morgan fingerprint density at radius 2 is 0.583 bits per heavy atom. The van der Waals surface area contributed by atoms with Crippen molar-refractivity contribution in [1.82, 2.24) is 0 Å². The van der Waals surface area contributed by atoms with Crippen LogP contribution < -0.4 is 10.2 Å². The maximum atomic E-state index is 11.1. The van der Waals surface area contributed by atoms with Gasteiger partial charge in [0, 0.05) is 0 Å². The van der Waals surface area contributed by atoms with Crippen LogP contribution in [0.15, 0.2) is 72.8 Å². The summed E-state index contributed by atoms with van der Waals surface area (Å²) in [5.74, 6) is 0.0429. The summed E-state index contributed by atoms with van der Waals surface area (Å²) in [6, 6.07) is 21.6. The molecule has 0 spiro atoms. The average Bonchev–Trinajstić information content (AvgIpc) is 2.62. The molecule has 0 aliphatic heterocycles. The van der Waals surface area contributed by atoms with Crippen molar-refractivity contribution in [2.24, 2.45) is 0 Å². The Morgan fingerprint density at radius 1 is 0.375 bits per heavy atom. The van der Waals surface area contributed by atoms with Crippen molar-refractivity contribution in [2.45, 2.75) is 0 Å². The summed E-state index contributed by atoms with van der Waals surface area (Å²) in [5.41, 5.74) is 4.18. The Morgan fingerprint density at radius 3 is 0.833 bits per heavy atom. The predicted molar refractivity (Wildman–Crippen MR) is 96.1 cm³/mol. The van der Waals surface area contributed by atoms with Gasteiger partial charge < -0.3 is 10.2 Å². The van der Waals surface area contributed by atoms with Crippen LogP contribution in [0.3, 0.4) is 0 Å². The highest BCUT2D eigenvalue weighted by atomic mass is 16.3. The Bertz CT molecular complexity index is 765. The average molecular weight is 312 g/mol. The lowest BCUT2D eigenvalue weighted by Gasteiger charge is -2.03. The van der Waals surface area contributed by atoms with Gasteiger partial charge in [-0.1, -0.05) is 97.1 Å². The molecule has 0 N–H and O–H groups in total. The molecule has 24 heavy (non-hydrogen) atoms. The Kier molecular flexibility index (Phi) is 4.78. The Labute approximate surface area is 141 Å². The summed E-state index contributed by atoms with van der Waals surface area (Å²) >= 11 is 0. The van der Waals surface area contributed by atoms with E-state index in [9.17, 15) is 10.2 Å². The van der Waals surface area contributed by atoms with E-state index in [2.05, 4.69) is 0 Å². The molecule has 3 rings (SSSR count). The fourth-order valence-corrected chi connectivity index (χ4v) is 2.26. The molecule has 0 bridgehead atoms. The Balaban J connectivity index is 1.66. The van der Waals surface area contributed by atoms with Crippen molar-refractivity contribution in [3.05, 3.63) is 95.1 Å². The molecule has 0 unspecified atom stereocenters. The van der Waals surface area contributed by atoms with Crippen LogP contribution in [0.25, 0.3) is 24.3 Å². The van der Waals surface area contributed by atoms with Gasteiger partial charge in [-0.05, 0) is 22.3 Å². The molecule has 0 fully saturated rings. The van der Waals surface area contributed by atoms with Crippen LogP contribution in [0, 0.1) is 0 Å². The molecule has 0 aliphatic rings. The van der Waals surface area contributed by atoms with Crippen LogP contribution in [0.1, 0.15) is 22.3 Å². The lowest BCUT2D eigenvalue weighted by atomic mass is 10.1. The van der Waals surface area contributed by atoms with Crippen molar-refractivity contribution in [3.8, 4) is 11.5 Å². The Hall–Kier alpha value is -3.26. The normalized spacial score (nSPS) is 11.3. The molecule has 0 saturated heterocycles. The summed E-state index contributed by atoms with van der Waals surface area (Å²) in [7, 11) is 0. The molecule has 118 valence electrons. The van der Waals surface area contributed by atoms with Crippen molar-refractivity contribution >= 4 is 24.3 Å². The third-order valence-corrected chi connectivity index (χ3v) is 3.63. The standard InChI is InChI=1S/C22H18O2/c23-21-13-9-19(10-14-21)7-5-17-1-2-18(4-3-17)6-8-20-11-15-22(24)16-12-20/h1-16,23-24H/p-2/b7-5+,8-6+. The largest absolute Gasteiger partial charge is 0.872 e. The highest BCUT2D eigenvalue weighted by Crippen LogP contribution is 2.14. The summed E-state index contributed by atoms with van der Waals surface area (Å²) in [5, 5.41) is 22.1. The van der Waals surface area contributed by atoms with E-state index in [-0.39, 0.29) is 11.5 Å². The van der Waals surface area contributed by atoms with Gasteiger partial charge in [0.25, 0.3) is 0 Å². The summed E-state index contributed by atoms with van der Waals surface area (Å²) in [4.78, 5) is 0. The van der Waals surface area contributed by atoms with Crippen LogP contribution in [0.4, 0.5) is 0 Å². The molecule has 2 nitrogen and oxygen atoms in total. The van der Waals surface area contributed by atoms with Gasteiger partial charge in [-0.2, -0.15) is 0 Å². The van der Waals surface area contributed by atoms with Crippen molar-refractivity contribution in [1.29, 1.82) is 0 Å². The molecule has 3 aromatic rings. The first-order valence-corrected chi connectivity index (χ1v) is 7.69. The minimum Gasteiger partial charge on any atom is -0.872 e. The molecule has 3 aromatic carbocycles. The third kappa shape index (κ3) is 4.37. The number of hydrogen-bond donors (Lipinski definition) is 0. The van der Waals surface area contributed by atoms with E-state index in [1.807, 2.05) is 72.8 Å². The van der Waals surface area contributed by atoms with Gasteiger partial charge in [-0.15, -0.1) is 11.5 Å². The monoisotopic (exact) mass is 312 g/mol. The van der Waals surface area contributed by atoms with E-state index in [0.717, 1.165) is 22.3 Å². The summed E-state index contributed by atoms with van der Waals surface area (Å²) in [6.45, 7) is 0. The number of benzene rings is 3. The number of rotatable bonds is 4. The van der Waals surface area contributed by atoms with Crippen LogP contribution in [0.2, 0.25) is 0 Å². The smallest absolute Gasteiger partial charge is 0.0256 e. The molecule has 0 radical (unpaired) electrons. The fraction of sp³-hybridized carbons (Fsp3) is 0. The van der Waals surface area contributed by atoms with E-state index in [1.54, 1.807) is 24.3 Å². The van der Waals surface area contributed by atoms with Gasteiger partial charge in [0.15, 0.2) is 0 Å². The topological polar surface area (TPSA) is 46.1 Å². The van der Waals surface area contributed by atoms with E-state index in [0.29, 0.717) is 0 Å². The molecule has 2 heteroatoms. The van der Waals surface area contributed by atoms with Gasteiger partial charge in [0.1, 0.15) is 0 Å². The zero-order valence-corrected chi connectivity index (χ0v) is 13.1. The molecule has 0 atom stereocenters. The van der Waals surface area contributed by atoms with Crippen molar-refractivity contribution in [3.63, 3.8) is 0 Å². The van der Waals surface area contributed by atoms with Gasteiger partial charge in [0.2, 0.25) is 0 Å². The lowest BCUT2D eigenvalue weighted by Crippen LogP contribution is -1.87. The van der Waals surface area contributed by atoms with Crippen LogP contribution in [-0.4, -0.2) is 0 Å². The van der Waals surface area contributed by atoms with Crippen LogP contribution in [-0.2, 0) is 0 Å². The van der Waals surface area contributed by atoms with Crippen molar-refractivity contribution < 1.29 is 10.2 Å². The maximum absolute atomic E-state index is 11.1. The van der Waals surface area contributed by atoms with E-state index in [1.165, 1.54) is 0 Å². The second kappa shape index (κ2) is 7.34. The molecule has 0 aromatic heterocycles. The first-order valence-electron chi connectivity index (χ1n) is 7.69. The second-order valence-electron chi connectivity index (χ2n) is 5.47. The quantitative estimate of drug-likeness (QED) is 0.679. The van der Waals surface area contributed by atoms with E-state index in [4.69, 9.17) is 0 Å². The number of hydrogen-bond acceptors (Lipinski definition) is 2. The maximum Gasteiger partial charge on any atom is -0.0256 e. The first-order chi connectivity index (χ1) is 11.7. The predicted octanol–water partition coefficient (Wildman–Crippen LogP) is 4.17. The molecular formula is C22H16O2-2. The van der Waals surface area contributed by atoms with Crippen LogP contribution in [0.5, 0.6) is 11.5 Å². The minimum absolute atomic E-state index is 0.0215.